The summed E-state index contributed by atoms with van der Waals surface area (Å²) in [4.78, 5) is 2.68. The minimum Gasteiger partial charge on any atom is -0.495 e. The van der Waals surface area contributed by atoms with Crippen molar-refractivity contribution in [2.75, 3.05) is 0 Å². The van der Waals surface area contributed by atoms with Crippen LogP contribution in [0.4, 0.5) is 0 Å². The summed E-state index contributed by atoms with van der Waals surface area (Å²) in [6.45, 7) is 3.81. The van der Waals surface area contributed by atoms with Crippen LogP contribution < -0.4 is 0 Å². The molecule has 0 heterocycles. The number of allylic oxidation sites excluding steroid dienone is 2. The minimum absolute atomic E-state index is 0.0308. The van der Waals surface area contributed by atoms with Crippen molar-refractivity contribution in [1.82, 2.24) is 0 Å². The van der Waals surface area contributed by atoms with Gasteiger partial charge in [0.2, 0.25) is 5.39 Å². The van der Waals surface area contributed by atoms with E-state index in [1.807, 2.05) is 13.8 Å². The van der Waals surface area contributed by atoms with Crippen molar-refractivity contribution in [1.29, 1.82) is 5.39 Å². The van der Waals surface area contributed by atoms with Gasteiger partial charge in [0.05, 0.1) is 11.9 Å². The Morgan fingerprint density at radius 2 is 2.28 bits per heavy atom. The maximum absolute atomic E-state index is 9.19. The molecule has 1 N–H and O–H groups in total. The molecule has 0 amide bonds. The Morgan fingerprint density at radius 1 is 1.50 bits per heavy atom. The fourth-order valence-corrected chi connectivity index (χ4v) is 2.02. The summed E-state index contributed by atoms with van der Waals surface area (Å²) in [6, 6.07) is 0. The van der Waals surface area contributed by atoms with E-state index in [9.17, 15) is 5.11 Å². The zero-order valence-corrected chi connectivity index (χ0v) is 11.0. The van der Waals surface area contributed by atoms with E-state index in [1.165, 1.54) is 12.8 Å². The van der Waals surface area contributed by atoms with Crippen LogP contribution in [0.1, 0.15) is 46.0 Å². The largest absolute Gasteiger partial charge is 0.495 e. The third-order valence-electron chi connectivity index (χ3n) is 2.76. The SMILES string of the molecule is C[C@H](C[C@@H](C)O/C(O)=C/[N+]#N)OC1=CCCCC1. The van der Waals surface area contributed by atoms with Gasteiger partial charge in [-0.3, -0.25) is 0 Å². The summed E-state index contributed by atoms with van der Waals surface area (Å²) in [5, 5.41) is 17.4. The lowest BCUT2D eigenvalue weighted by Crippen LogP contribution is -2.18. The molecule has 5 nitrogen and oxygen atoms in total. The minimum atomic E-state index is -0.394. The van der Waals surface area contributed by atoms with E-state index in [1.54, 1.807) is 0 Å². The highest BCUT2D eigenvalue weighted by Crippen LogP contribution is 2.21. The van der Waals surface area contributed by atoms with Crippen LogP contribution in [0.5, 0.6) is 0 Å². The van der Waals surface area contributed by atoms with Gasteiger partial charge in [-0.25, -0.2) is 0 Å². The van der Waals surface area contributed by atoms with E-state index >= 15 is 0 Å². The summed E-state index contributed by atoms with van der Waals surface area (Å²) < 4.78 is 10.9. The molecule has 0 aromatic rings. The molecule has 0 saturated heterocycles. The van der Waals surface area contributed by atoms with Crippen molar-refractivity contribution < 1.29 is 14.6 Å². The molecule has 2 atom stereocenters. The summed E-state index contributed by atoms with van der Waals surface area (Å²) >= 11 is 0. The topological polar surface area (TPSA) is 66.8 Å². The number of aliphatic hydroxyl groups is 1. The Morgan fingerprint density at radius 3 is 2.89 bits per heavy atom. The van der Waals surface area contributed by atoms with Gasteiger partial charge in [-0.1, -0.05) is 0 Å². The average molecular weight is 253 g/mol. The molecular weight excluding hydrogens is 232 g/mol. The van der Waals surface area contributed by atoms with Crippen molar-refractivity contribution in [3.8, 4) is 0 Å². The van der Waals surface area contributed by atoms with Crippen molar-refractivity contribution >= 4 is 0 Å². The monoisotopic (exact) mass is 253 g/mol. The fourth-order valence-electron chi connectivity index (χ4n) is 2.02. The van der Waals surface area contributed by atoms with Crippen LogP contribution in [-0.4, -0.2) is 17.3 Å². The maximum Gasteiger partial charge on any atom is 0.429 e. The molecular formula is C13H21N2O3+. The van der Waals surface area contributed by atoms with Gasteiger partial charge in [-0.15, -0.1) is 0 Å². The van der Waals surface area contributed by atoms with Crippen molar-refractivity contribution in [3.05, 3.63) is 29.0 Å². The molecule has 0 fully saturated rings. The molecule has 0 unspecified atom stereocenters. The molecule has 0 spiro atoms. The van der Waals surface area contributed by atoms with Gasteiger partial charge in [0, 0.05) is 12.8 Å². The van der Waals surface area contributed by atoms with Crippen LogP contribution in [0.25, 0.3) is 4.98 Å². The third-order valence-corrected chi connectivity index (χ3v) is 2.76. The quantitative estimate of drug-likeness (QED) is 0.576. The predicted octanol–water partition coefficient (Wildman–Crippen LogP) is 3.85. The number of rotatable bonds is 6. The summed E-state index contributed by atoms with van der Waals surface area (Å²) in [6.07, 6.45) is 8.00. The highest BCUT2D eigenvalue weighted by Gasteiger charge is 2.15. The van der Waals surface area contributed by atoms with Crippen molar-refractivity contribution in [2.24, 2.45) is 0 Å². The highest BCUT2D eigenvalue weighted by atomic mass is 16.6. The summed E-state index contributed by atoms with van der Waals surface area (Å²) in [7, 11) is 0. The zero-order valence-electron chi connectivity index (χ0n) is 11.0. The number of diazo groups is 1. The molecule has 0 radical (unpaired) electrons. The Kier molecular flexibility index (Phi) is 6.06. The van der Waals surface area contributed by atoms with Gasteiger partial charge < -0.3 is 14.6 Å². The smallest absolute Gasteiger partial charge is 0.429 e. The van der Waals surface area contributed by atoms with Gasteiger partial charge in [0.1, 0.15) is 6.10 Å². The van der Waals surface area contributed by atoms with E-state index in [0.29, 0.717) is 6.42 Å². The van der Waals surface area contributed by atoms with Gasteiger partial charge in [0.25, 0.3) is 0 Å². The second-order valence-electron chi connectivity index (χ2n) is 4.59. The lowest BCUT2D eigenvalue weighted by atomic mass is 10.1. The van der Waals surface area contributed by atoms with Gasteiger partial charge >= 0.3 is 12.1 Å². The molecule has 100 valence electrons. The molecule has 0 bridgehead atoms. The van der Waals surface area contributed by atoms with Crippen LogP contribution in [0, 0.1) is 5.39 Å². The molecule has 1 aliphatic rings. The number of ether oxygens (including phenoxy) is 2. The molecule has 5 heteroatoms. The van der Waals surface area contributed by atoms with E-state index in [-0.39, 0.29) is 12.2 Å². The van der Waals surface area contributed by atoms with Crippen molar-refractivity contribution in [2.45, 2.75) is 58.2 Å². The number of hydrogen-bond acceptors (Lipinski definition) is 4. The first-order valence-electron chi connectivity index (χ1n) is 6.37. The Labute approximate surface area is 108 Å². The van der Waals surface area contributed by atoms with Gasteiger partial charge in [-0.2, -0.15) is 0 Å². The summed E-state index contributed by atoms with van der Waals surface area (Å²) in [5.41, 5.74) is 0. The van der Waals surface area contributed by atoms with E-state index < -0.39 is 5.95 Å². The van der Waals surface area contributed by atoms with Gasteiger partial charge in [-0.05, 0) is 39.2 Å². The van der Waals surface area contributed by atoms with Crippen LogP contribution in [0.3, 0.4) is 0 Å². The highest BCUT2D eigenvalue weighted by molar-refractivity contribution is 4.97. The lowest BCUT2D eigenvalue weighted by Gasteiger charge is -2.22. The molecule has 1 aliphatic carbocycles. The fraction of sp³-hybridized carbons (Fsp3) is 0.692. The first-order chi connectivity index (χ1) is 8.61. The van der Waals surface area contributed by atoms with Crippen LogP contribution in [0.15, 0.2) is 24.0 Å². The predicted molar refractivity (Wildman–Crippen MR) is 68.1 cm³/mol. The molecule has 0 saturated carbocycles. The lowest BCUT2D eigenvalue weighted by molar-refractivity contribution is 0.00580. The Balaban J connectivity index is 2.31. The summed E-state index contributed by atoms with van der Waals surface area (Å²) in [5.74, 6) is 0.667. The first kappa shape index (κ1) is 14.4. The van der Waals surface area contributed by atoms with E-state index in [2.05, 4.69) is 11.1 Å². The van der Waals surface area contributed by atoms with Crippen LogP contribution in [0.2, 0.25) is 0 Å². The Bertz CT molecular complexity index is 358. The standard InChI is InChI=1S/C13H20N2O3/c1-10(17-12-6-4-3-5-7-12)8-11(2)18-13(16)9-15-14/h6,9-11H,3-5,7-8H2,1-2H3/p+1/b13-9+/t10-,11-/m1/s1. The second kappa shape index (κ2) is 7.59. The molecule has 1 rings (SSSR count). The van der Waals surface area contributed by atoms with Crippen LogP contribution >= 0.6 is 0 Å². The number of aliphatic hydroxyl groups excluding tert-OH is 1. The van der Waals surface area contributed by atoms with Crippen molar-refractivity contribution in [3.63, 3.8) is 0 Å². The van der Waals surface area contributed by atoms with Gasteiger partial charge in [0.15, 0.2) is 4.98 Å². The molecule has 0 aromatic heterocycles. The normalized spacial score (nSPS) is 19.4. The number of nitrogens with zero attached hydrogens (tertiary/aromatic N) is 2. The second-order valence-corrected chi connectivity index (χ2v) is 4.59. The maximum atomic E-state index is 9.19. The molecule has 0 aromatic carbocycles. The average Bonchev–Trinajstić information content (AvgIpc) is 2.29. The zero-order chi connectivity index (χ0) is 13.4. The molecule has 18 heavy (non-hydrogen) atoms. The van der Waals surface area contributed by atoms with Crippen LogP contribution in [-0.2, 0) is 9.47 Å². The Hall–Kier alpha value is -1.70. The van der Waals surface area contributed by atoms with E-state index in [4.69, 9.17) is 14.9 Å². The van der Waals surface area contributed by atoms with E-state index in [0.717, 1.165) is 24.8 Å². The molecule has 0 aliphatic heterocycles. The first-order valence-corrected chi connectivity index (χ1v) is 6.37. The third kappa shape index (κ3) is 5.58. The number of hydrogen-bond donors (Lipinski definition) is 1.